The van der Waals surface area contributed by atoms with Crippen molar-refractivity contribution in [2.75, 3.05) is 7.11 Å². The molecule has 3 rings (SSSR count). The van der Waals surface area contributed by atoms with Crippen molar-refractivity contribution in [1.82, 2.24) is 5.32 Å². The number of hydrogen-bond acceptors (Lipinski definition) is 3. The van der Waals surface area contributed by atoms with Crippen LogP contribution in [0.3, 0.4) is 0 Å². The molecule has 0 radical (unpaired) electrons. The van der Waals surface area contributed by atoms with Crippen LogP contribution in [0.25, 0.3) is 11.3 Å². The molecular weight excluding hydrogens is 357 g/mol. The van der Waals surface area contributed by atoms with Gasteiger partial charge in [-0.1, -0.05) is 41.9 Å². The molecule has 1 heterocycles. The average molecular weight is 377 g/mol. The van der Waals surface area contributed by atoms with Crippen molar-refractivity contribution >= 4 is 11.6 Å². The third-order valence-corrected chi connectivity index (χ3v) is 4.28. The van der Waals surface area contributed by atoms with Gasteiger partial charge in [-0.15, -0.1) is 0 Å². The molecule has 0 spiro atoms. The van der Waals surface area contributed by atoms with Crippen LogP contribution < -0.4 is 22.5 Å². The standard InChI is InChI=1S/C20H20ClNO2.ClH/c1-14(15-6-4-3-5-7-15)22-13-17-9-11-19(24-17)16-8-10-20(23-2)18(21)12-16;/h3-12,14,22H,13H2,1-2H3;1H/p-1. The summed E-state index contributed by atoms with van der Waals surface area (Å²) in [5.74, 6) is 2.34. The van der Waals surface area contributed by atoms with Crippen molar-refractivity contribution in [1.29, 1.82) is 0 Å². The highest BCUT2D eigenvalue weighted by atomic mass is 35.5. The minimum Gasteiger partial charge on any atom is -1.00 e. The first-order valence-electron chi connectivity index (χ1n) is 7.88. The Balaban J connectivity index is 0.00000225. The molecule has 3 aromatic rings. The van der Waals surface area contributed by atoms with E-state index in [1.54, 1.807) is 7.11 Å². The summed E-state index contributed by atoms with van der Waals surface area (Å²) < 4.78 is 11.1. The zero-order valence-corrected chi connectivity index (χ0v) is 15.6. The summed E-state index contributed by atoms with van der Waals surface area (Å²) in [4.78, 5) is 0. The van der Waals surface area contributed by atoms with E-state index in [2.05, 4.69) is 24.4 Å². The van der Waals surface area contributed by atoms with E-state index < -0.39 is 0 Å². The quantitative estimate of drug-likeness (QED) is 0.717. The van der Waals surface area contributed by atoms with Crippen LogP contribution in [-0.4, -0.2) is 7.11 Å². The second kappa shape index (κ2) is 8.95. The molecule has 1 aromatic heterocycles. The first kappa shape index (κ1) is 19.4. The number of hydrogen-bond donors (Lipinski definition) is 1. The van der Waals surface area contributed by atoms with Gasteiger partial charge < -0.3 is 26.9 Å². The Morgan fingerprint density at radius 1 is 1.08 bits per heavy atom. The van der Waals surface area contributed by atoms with Crippen molar-refractivity contribution in [2.24, 2.45) is 0 Å². The topological polar surface area (TPSA) is 34.4 Å². The van der Waals surface area contributed by atoms with Gasteiger partial charge in [0, 0.05) is 11.6 Å². The summed E-state index contributed by atoms with van der Waals surface area (Å²) in [7, 11) is 1.60. The van der Waals surface area contributed by atoms with Crippen LogP contribution in [0.5, 0.6) is 5.75 Å². The van der Waals surface area contributed by atoms with Gasteiger partial charge in [-0.2, -0.15) is 0 Å². The fraction of sp³-hybridized carbons (Fsp3) is 0.200. The molecule has 1 atom stereocenters. The summed E-state index contributed by atoms with van der Waals surface area (Å²) in [6.45, 7) is 2.81. The van der Waals surface area contributed by atoms with Crippen LogP contribution in [0, 0.1) is 0 Å². The number of halogens is 2. The Morgan fingerprint density at radius 2 is 1.84 bits per heavy atom. The van der Waals surface area contributed by atoms with Gasteiger partial charge >= 0.3 is 0 Å². The summed E-state index contributed by atoms with van der Waals surface area (Å²) in [6.07, 6.45) is 0. The molecule has 3 nitrogen and oxygen atoms in total. The van der Waals surface area contributed by atoms with E-state index in [4.69, 9.17) is 20.8 Å². The van der Waals surface area contributed by atoms with E-state index in [0.29, 0.717) is 17.3 Å². The summed E-state index contributed by atoms with van der Waals surface area (Å²) in [6, 6.07) is 20.2. The molecule has 0 saturated carbocycles. The SMILES string of the molecule is COc1ccc(-c2ccc(CNC(C)c3ccccc3)o2)cc1Cl.[Cl-]. The van der Waals surface area contributed by atoms with Crippen molar-refractivity contribution in [3.8, 4) is 17.1 Å². The number of methoxy groups -OCH3 is 1. The van der Waals surface area contributed by atoms with E-state index in [-0.39, 0.29) is 18.4 Å². The number of benzene rings is 2. The van der Waals surface area contributed by atoms with Gasteiger partial charge in [-0.05, 0) is 42.8 Å². The summed E-state index contributed by atoms with van der Waals surface area (Å²) >= 11 is 6.18. The van der Waals surface area contributed by atoms with Gasteiger partial charge in [-0.3, -0.25) is 0 Å². The van der Waals surface area contributed by atoms with Crippen LogP contribution in [-0.2, 0) is 6.54 Å². The molecule has 0 amide bonds. The lowest BCUT2D eigenvalue weighted by Crippen LogP contribution is -3.00. The van der Waals surface area contributed by atoms with Crippen LogP contribution in [0.2, 0.25) is 5.02 Å². The predicted octanol–water partition coefficient (Wildman–Crippen LogP) is 2.46. The Labute approximate surface area is 159 Å². The largest absolute Gasteiger partial charge is 1.00 e. The van der Waals surface area contributed by atoms with Crippen LogP contribution in [0.15, 0.2) is 65.1 Å². The number of ether oxygens (including phenoxy) is 1. The van der Waals surface area contributed by atoms with Crippen molar-refractivity contribution in [3.63, 3.8) is 0 Å². The monoisotopic (exact) mass is 376 g/mol. The zero-order valence-electron chi connectivity index (χ0n) is 14.1. The third-order valence-electron chi connectivity index (χ3n) is 3.98. The minimum absolute atomic E-state index is 0. The lowest BCUT2D eigenvalue weighted by Gasteiger charge is -2.13. The van der Waals surface area contributed by atoms with Crippen molar-refractivity contribution < 1.29 is 21.6 Å². The molecule has 0 aliphatic carbocycles. The average Bonchev–Trinajstić information content (AvgIpc) is 3.09. The molecule has 0 aliphatic rings. The lowest BCUT2D eigenvalue weighted by atomic mass is 10.1. The Kier molecular flexibility index (Phi) is 6.94. The fourth-order valence-electron chi connectivity index (χ4n) is 2.56. The lowest BCUT2D eigenvalue weighted by molar-refractivity contribution is -0.00000565. The highest BCUT2D eigenvalue weighted by molar-refractivity contribution is 6.32. The molecule has 1 unspecified atom stereocenters. The molecule has 0 saturated heterocycles. The van der Waals surface area contributed by atoms with E-state index in [0.717, 1.165) is 17.1 Å². The second-order valence-electron chi connectivity index (χ2n) is 5.63. The maximum atomic E-state index is 6.18. The molecule has 0 aliphatic heterocycles. The Bertz CT molecular complexity index is 802. The molecule has 0 bridgehead atoms. The van der Waals surface area contributed by atoms with Gasteiger partial charge in [0.15, 0.2) is 0 Å². The van der Waals surface area contributed by atoms with Crippen molar-refractivity contribution in [2.45, 2.75) is 19.5 Å². The van der Waals surface area contributed by atoms with Gasteiger partial charge in [0.25, 0.3) is 0 Å². The van der Waals surface area contributed by atoms with E-state index in [1.807, 2.05) is 48.5 Å². The van der Waals surface area contributed by atoms with Crippen LogP contribution >= 0.6 is 11.6 Å². The molecule has 0 fully saturated rings. The molecule has 25 heavy (non-hydrogen) atoms. The number of furan rings is 1. The second-order valence-corrected chi connectivity index (χ2v) is 6.04. The van der Waals surface area contributed by atoms with Gasteiger partial charge in [-0.25, -0.2) is 0 Å². The summed E-state index contributed by atoms with van der Waals surface area (Å²) in [5.41, 5.74) is 2.19. The molecule has 5 heteroatoms. The molecule has 1 N–H and O–H groups in total. The predicted molar refractivity (Wildman–Crippen MR) is 97.4 cm³/mol. The van der Waals surface area contributed by atoms with Crippen LogP contribution in [0.1, 0.15) is 24.3 Å². The van der Waals surface area contributed by atoms with E-state index >= 15 is 0 Å². The van der Waals surface area contributed by atoms with Crippen LogP contribution in [0.4, 0.5) is 0 Å². The fourth-order valence-corrected chi connectivity index (χ4v) is 2.82. The Hall–Kier alpha value is -1.94. The van der Waals surface area contributed by atoms with Crippen molar-refractivity contribution in [3.05, 3.63) is 77.0 Å². The molecule has 132 valence electrons. The first-order chi connectivity index (χ1) is 11.7. The number of nitrogens with one attached hydrogen (secondary N) is 1. The molecule has 2 aromatic carbocycles. The maximum Gasteiger partial charge on any atom is 0.137 e. The highest BCUT2D eigenvalue weighted by Crippen LogP contribution is 2.31. The maximum absolute atomic E-state index is 6.18. The van der Waals surface area contributed by atoms with Gasteiger partial charge in [0.05, 0.1) is 18.7 Å². The first-order valence-corrected chi connectivity index (χ1v) is 8.26. The number of rotatable bonds is 6. The Morgan fingerprint density at radius 3 is 2.52 bits per heavy atom. The van der Waals surface area contributed by atoms with Gasteiger partial charge in [0.1, 0.15) is 17.3 Å². The van der Waals surface area contributed by atoms with Gasteiger partial charge in [0.2, 0.25) is 0 Å². The minimum atomic E-state index is 0. The zero-order chi connectivity index (χ0) is 16.9. The smallest absolute Gasteiger partial charge is 0.137 e. The third kappa shape index (κ3) is 4.79. The normalized spacial score (nSPS) is 11.6. The summed E-state index contributed by atoms with van der Waals surface area (Å²) in [5, 5.41) is 4.04. The van der Waals surface area contributed by atoms with E-state index in [9.17, 15) is 0 Å². The van der Waals surface area contributed by atoms with E-state index in [1.165, 1.54) is 5.56 Å². The molecular formula is C20H20Cl2NO2-. The highest BCUT2D eigenvalue weighted by Gasteiger charge is 2.09.